The number of nitrogens with two attached hydrogens (primary N) is 1. The molecule has 0 bridgehead atoms. The number of benzene rings is 1. The molecule has 2 rings (SSSR count). The normalized spacial score (nSPS) is 12.1. The van der Waals surface area contributed by atoms with Crippen molar-refractivity contribution >= 4 is 17.2 Å². The van der Waals surface area contributed by atoms with Gasteiger partial charge < -0.3 is 11.1 Å². The molecule has 0 saturated heterocycles. The van der Waals surface area contributed by atoms with Crippen LogP contribution in [0, 0.1) is 0 Å². The van der Waals surface area contributed by atoms with Gasteiger partial charge in [0.2, 0.25) is 5.91 Å². The van der Waals surface area contributed by atoms with Crippen LogP contribution in [0.3, 0.4) is 0 Å². The summed E-state index contributed by atoms with van der Waals surface area (Å²) in [5.74, 6) is -0.151. The molecule has 1 heterocycles. The van der Waals surface area contributed by atoms with Crippen molar-refractivity contribution in [3.05, 3.63) is 58.3 Å². The topological polar surface area (TPSA) is 55.1 Å². The average molecular weight is 246 g/mol. The summed E-state index contributed by atoms with van der Waals surface area (Å²) < 4.78 is 0. The van der Waals surface area contributed by atoms with Gasteiger partial charge in [0.15, 0.2) is 0 Å². The fourth-order valence-electron chi connectivity index (χ4n) is 1.50. The Hall–Kier alpha value is -1.65. The van der Waals surface area contributed by atoms with Crippen molar-refractivity contribution in [3.8, 4) is 0 Å². The Kier molecular flexibility index (Phi) is 3.90. The van der Waals surface area contributed by atoms with Gasteiger partial charge in [0.05, 0.1) is 0 Å². The number of amides is 1. The number of carbonyl (C=O) groups excluding carboxylic acids is 1. The zero-order valence-electron chi connectivity index (χ0n) is 9.30. The number of nitrogens with one attached hydrogen (secondary N) is 1. The third-order valence-corrected chi connectivity index (χ3v) is 3.22. The number of carbonyl (C=O) groups is 1. The third kappa shape index (κ3) is 3.15. The summed E-state index contributed by atoms with van der Waals surface area (Å²) in [5, 5.41) is 6.82. The first-order chi connectivity index (χ1) is 8.27. The van der Waals surface area contributed by atoms with Gasteiger partial charge in [0.1, 0.15) is 6.04 Å². The average Bonchev–Trinajstić information content (AvgIpc) is 2.89. The SMILES string of the molecule is N[C@@H](C(=O)NCc1ccsc1)c1ccccc1. The van der Waals surface area contributed by atoms with Crippen LogP contribution in [0.25, 0.3) is 0 Å². The summed E-state index contributed by atoms with van der Waals surface area (Å²) in [6.07, 6.45) is 0. The van der Waals surface area contributed by atoms with Crippen molar-refractivity contribution in [2.45, 2.75) is 12.6 Å². The summed E-state index contributed by atoms with van der Waals surface area (Å²) in [6.45, 7) is 0.531. The molecular formula is C13H14N2OS. The highest BCUT2D eigenvalue weighted by Crippen LogP contribution is 2.10. The van der Waals surface area contributed by atoms with Gasteiger partial charge in [-0.25, -0.2) is 0 Å². The molecule has 0 radical (unpaired) electrons. The minimum atomic E-state index is -0.602. The largest absolute Gasteiger partial charge is 0.350 e. The molecule has 0 spiro atoms. The second kappa shape index (κ2) is 5.61. The minimum Gasteiger partial charge on any atom is -0.350 e. The molecule has 88 valence electrons. The van der Waals surface area contributed by atoms with E-state index >= 15 is 0 Å². The van der Waals surface area contributed by atoms with Gasteiger partial charge in [-0.2, -0.15) is 11.3 Å². The predicted molar refractivity (Wildman–Crippen MR) is 69.5 cm³/mol. The molecule has 0 aliphatic carbocycles. The maximum absolute atomic E-state index is 11.8. The lowest BCUT2D eigenvalue weighted by Crippen LogP contribution is -2.33. The summed E-state index contributed by atoms with van der Waals surface area (Å²) in [5.41, 5.74) is 7.80. The van der Waals surface area contributed by atoms with Crippen molar-refractivity contribution < 1.29 is 4.79 Å². The van der Waals surface area contributed by atoms with Crippen LogP contribution >= 0.6 is 11.3 Å². The van der Waals surface area contributed by atoms with Crippen molar-refractivity contribution in [2.24, 2.45) is 5.73 Å². The van der Waals surface area contributed by atoms with Crippen LogP contribution in [0.2, 0.25) is 0 Å². The Morgan fingerprint density at radius 3 is 2.71 bits per heavy atom. The maximum Gasteiger partial charge on any atom is 0.241 e. The number of thiophene rings is 1. The van der Waals surface area contributed by atoms with E-state index < -0.39 is 6.04 Å². The first kappa shape index (κ1) is 11.8. The van der Waals surface area contributed by atoms with E-state index in [0.29, 0.717) is 6.54 Å². The molecule has 3 N–H and O–H groups in total. The lowest BCUT2D eigenvalue weighted by atomic mass is 10.1. The Morgan fingerprint density at radius 1 is 1.29 bits per heavy atom. The Morgan fingerprint density at radius 2 is 2.06 bits per heavy atom. The fourth-order valence-corrected chi connectivity index (χ4v) is 2.17. The van der Waals surface area contributed by atoms with Crippen LogP contribution in [0.1, 0.15) is 17.2 Å². The molecule has 1 aromatic heterocycles. The van der Waals surface area contributed by atoms with Crippen LogP contribution in [0.4, 0.5) is 0 Å². The smallest absolute Gasteiger partial charge is 0.241 e. The fraction of sp³-hybridized carbons (Fsp3) is 0.154. The van der Waals surface area contributed by atoms with E-state index in [0.717, 1.165) is 11.1 Å². The summed E-state index contributed by atoms with van der Waals surface area (Å²) >= 11 is 1.61. The summed E-state index contributed by atoms with van der Waals surface area (Å²) in [6, 6.07) is 10.8. The van der Waals surface area contributed by atoms with E-state index in [1.807, 2.05) is 47.2 Å². The van der Waals surface area contributed by atoms with E-state index in [1.165, 1.54) is 0 Å². The van der Waals surface area contributed by atoms with Gasteiger partial charge in [0, 0.05) is 6.54 Å². The molecule has 1 atom stereocenters. The van der Waals surface area contributed by atoms with Crippen molar-refractivity contribution in [3.63, 3.8) is 0 Å². The first-order valence-corrected chi connectivity index (χ1v) is 6.31. The minimum absolute atomic E-state index is 0.151. The van der Waals surface area contributed by atoms with E-state index in [4.69, 9.17) is 5.73 Å². The van der Waals surface area contributed by atoms with Gasteiger partial charge in [-0.1, -0.05) is 30.3 Å². The Labute approximate surface area is 104 Å². The maximum atomic E-state index is 11.8. The predicted octanol–water partition coefficient (Wildman–Crippen LogP) is 2.06. The molecule has 0 aliphatic heterocycles. The van der Waals surface area contributed by atoms with Crippen molar-refractivity contribution in [2.75, 3.05) is 0 Å². The molecule has 3 nitrogen and oxygen atoms in total. The second-order valence-corrected chi connectivity index (χ2v) is 4.52. The molecule has 0 aliphatic rings. The number of hydrogen-bond acceptors (Lipinski definition) is 3. The molecule has 2 aromatic rings. The summed E-state index contributed by atoms with van der Waals surface area (Å²) in [4.78, 5) is 11.8. The Bertz CT molecular complexity index is 467. The van der Waals surface area contributed by atoms with Gasteiger partial charge in [0.25, 0.3) is 0 Å². The molecule has 17 heavy (non-hydrogen) atoms. The molecule has 0 unspecified atom stereocenters. The first-order valence-electron chi connectivity index (χ1n) is 5.36. The molecule has 0 saturated carbocycles. The zero-order valence-corrected chi connectivity index (χ0v) is 10.1. The van der Waals surface area contributed by atoms with Crippen LogP contribution in [0.15, 0.2) is 47.2 Å². The molecule has 1 aromatic carbocycles. The monoisotopic (exact) mass is 246 g/mol. The molecule has 1 amide bonds. The van der Waals surface area contributed by atoms with Crippen LogP contribution in [-0.2, 0) is 11.3 Å². The van der Waals surface area contributed by atoms with Crippen LogP contribution in [0.5, 0.6) is 0 Å². The number of hydrogen-bond donors (Lipinski definition) is 2. The zero-order chi connectivity index (χ0) is 12.1. The van der Waals surface area contributed by atoms with E-state index in [2.05, 4.69) is 5.32 Å². The van der Waals surface area contributed by atoms with E-state index in [1.54, 1.807) is 11.3 Å². The van der Waals surface area contributed by atoms with Gasteiger partial charge in [-0.05, 0) is 28.0 Å². The molecular weight excluding hydrogens is 232 g/mol. The van der Waals surface area contributed by atoms with Crippen LogP contribution in [-0.4, -0.2) is 5.91 Å². The van der Waals surface area contributed by atoms with Crippen molar-refractivity contribution in [1.29, 1.82) is 0 Å². The summed E-state index contributed by atoms with van der Waals surface area (Å²) in [7, 11) is 0. The highest BCUT2D eigenvalue weighted by Gasteiger charge is 2.14. The second-order valence-electron chi connectivity index (χ2n) is 3.74. The molecule has 4 heteroatoms. The highest BCUT2D eigenvalue weighted by atomic mass is 32.1. The van der Waals surface area contributed by atoms with Gasteiger partial charge >= 0.3 is 0 Å². The van der Waals surface area contributed by atoms with Gasteiger partial charge in [-0.15, -0.1) is 0 Å². The van der Waals surface area contributed by atoms with E-state index in [9.17, 15) is 4.79 Å². The quantitative estimate of drug-likeness (QED) is 0.867. The van der Waals surface area contributed by atoms with Gasteiger partial charge in [-0.3, -0.25) is 4.79 Å². The standard InChI is InChI=1S/C13H14N2OS/c14-12(11-4-2-1-3-5-11)13(16)15-8-10-6-7-17-9-10/h1-7,9,12H,8,14H2,(H,15,16)/t12-/m1/s1. The van der Waals surface area contributed by atoms with Crippen LogP contribution < -0.4 is 11.1 Å². The lowest BCUT2D eigenvalue weighted by molar-refractivity contribution is -0.122. The van der Waals surface area contributed by atoms with E-state index in [-0.39, 0.29) is 5.91 Å². The lowest BCUT2D eigenvalue weighted by Gasteiger charge is -2.11. The Balaban J connectivity index is 1.92. The highest BCUT2D eigenvalue weighted by molar-refractivity contribution is 7.07. The third-order valence-electron chi connectivity index (χ3n) is 2.49. The molecule has 0 fully saturated rings. The number of rotatable bonds is 4. The van der Waals surface area contributed by atoms with Crippen molar-refractivity contribution in [1.82, 2.24) is 5.32 Å².